The van der Waals surface area contributed by atoms with E-state index >= 15 is 0 Å². The van der Waals surface area contributed by atoms with Gasteiger partial charge in [0, 0.05) is 5.39 Å². The quantitative estimate of drug-likeness (QED) is 0.560. The Morgan fingerprint density at radius 1 is 1.43 bits per heavy atom. The minimum Gasteiger partial charge on any atom is -0.464 e. The summed E-state index contributed by atoms with van der Waals surface area (Å²) in [5.74, 6) is -0.100. The molecule has 3 heteroatoms. The van der Waals surface area contributed by atoms with E-state index in [9.17, 15) is 4.79 Å². The Hall–Kier alpha value is -1.28. The van der Waals surface area contributed by atoms with Crippen molar-refractivity contribution >= 4 is 28.4 Å². The number of furan rings is 1. The molecule has 0 saturated carbocycles. The van der Waals surface area contributed by atoms with Gasteiger partial charge in [0.25, 0.3) is 0 Å². The average molecular weight is 209 g/mol. The summed E-state index contributed by atoms with van der Waals surface area (Å²) < 4.78 is 5.24. The van der Waals surface area contributed by atoms with Crippen molar-refractivity contribution in [3.63, 3.8) is 0 Å². The van der Waals surface area contributed by atoms with Gasteiger partial charge in [-0.1, -0.05) is 18.2 Å². The van der Waals surface area contributed by atoms with Crippen LogP contribution in [0.4, 0.5) is 0 Å². The molecule has 0 bridgehead atoms. The largest absolute Gasteiger partial charge is 0.464 e. The highest BCUT2D eigenvalue weighted by Gasteiger charge is 2.17. The maximum absolute atomic E-state index is 11.6. The van der Waals surface area contributed by atoms with Crippen molar-refractivity contribution in [2.75, 3.05) is 0 Å². The van der Waals surface area contributed by atoms with Gasteiger partial charge in [-0.15, -0.1) is 11.6 Å². The molecule has 0 aliphatic heterocycles. The molecule has 1 atom stereocenters. The van der Waals surface area contributed by atoms with Crippen LogP contribution in [0.15, 0.2) is 34.9 Å². The van der Waals surface area contributed by atoms with Crippen LogP contribution in [0.25, 0.3) is 11.0 Å². The van der Waals surface area contributed by atoms with E-state index in [0.29, 0.717) is 11.1 Å². The van der Waals surface area contributed by atoms with Crippen LogP contribution in [0.2, 0.25) is 0 Å². The normalized spacial score (nSPS) is 13.0. The van der Waals surface area contributed by atoms with E-state index in [1.807, 2.05) is 24.3 Å². The predicted octanol–water partition coefficient (Wildman–Crippen LogP) is 3.24. The molecular weight excluding hydrogens is 200 g/mol. The van der Waals surface area contributed by atoms with Crippen LogP contribution in [0, 0.1) is 0 Å². The molecule has 2 rings (SSSR count). The van der Waals surface area contributed by atoms with E-state index in [1.54, 1.807) is 6.92 Å². The van der Waals surface area contributed by atoms with Crippen molar-refractivity contribution in [1.82, 2.24) is 0 Å². The van der Waals surface area contributed by atoms with Gasteiger partial charge in [0.05, 0.1) is 10.9 Å². The molecule has 2 aromatic rings. The Morgan fingerprint density at radius 2 is 2.14 bits per heavy atom. The van der Waals surface area contributed by atoms with Gasteiger partial charge in [-0.3, -0.25) is 4.79 Å². The summed E-state index contributed by atoms with van der Waals surface area (Å²) in [6.45, 7) is 1.66. The molecule has 1 heterocycles. The number of Topliss-reactive ketones (excluding diaryl/α,β-unsaturated/α-hetero) is 1. The number of carbonyl (C=O) groups is 1. The fourth-order valence-electron chi connectivity index (χ4n) is 1.38. The summed E-state index contributed by atoms with van der Waals surface area (Å²) in [6.07, 6.45) is 1.46. The highest BCUT2D eigenvalue weighted by Crippen LogP contribution is 2.22. The van der Waals surface area contributed by atoms with E-state index in [2.05, 4.69) is 0 Å². The van der Waals surface area contributed by atoms with E-state index < -0.39 is 5.38 Å². The molecule has 1 aromatic carbocycles. The predicted molar refractivity (Wildman–Crippen MR) is 55.9 cm³/mol. The number of alkyl halides is 1. The number of para-hydroxylation sites is 1. The monoisotopic (exact) mass is 208 g/mol. The van der Waals surface area contributed by atoms with E-state index in [-0.39, 0.29) is 5.78 Å². The number of fused-ring (bicyclic) bond motifs is 1. The minimum atomic E-state index is -0.518. The highest BCUT2D eigenvalue weighted by molar-refractivity contribution is 6.34. The van der Waals surface area contributed by atoms with Gasteiger partial charge in [0.1, 0.15) is 11.8 Å². The Kier molecular flexibility index (Phi) is 2.30. The number of hydrogen-bond donors (Lipinski definition) is 0. The van der Waals surface area contributed by atoms with Gasteiger partial charge in [0.15, 0.2) is 5.78 Å². The minimum absolute atomic E-state index is 0.100. The number of benzene rings is 1. The Labute approximate surface area is 86.5 Å². The molecule has 14 heavy (non-hydrogen) atoms. The first-order valence-electron chi connectivity index (χ1n) is 4.34. The molecule has 72 valence electrons. The third-order valence-corrected chi connectivity index (χ3v) is 2.31. The summed E-state index contributed by atoms with van der Waals surface area (Å²) in [5.41, 5.74) is 1.27. The van der Waals surface area contributed by atoms with E-state index in [1.165, 1.54) is 6.26 Å². The van der Waals surface area contributed by atoms with Gasteiger partial charge in [-0.25, -0.2) is 0 Å². The van der Waals surface area contributed by atoms with Crippen LogP contribution in [0.5, 0.6) is 0 Å². The summed E-state index contributed by atoms with van der Waals surface area (Å²) in [7, 11) is 0. The van der Waals surface area contributed by atoms with Crippen molar-refractivity contribution in [3.05, 3.63) is 36.1 Å². The average Bonchev–Trinajstić information content (AvgIpc) is 2.60. The number of ketones is 1. The summed E-state index contributed by atoms with van der Waals surface area (Å²) in [5, 5.41) is 0.306. The Morgan fingerprint density at radius 3 is 2.86 bits per heavy atom. The second kappa shape index (κ2) is 3.46. The molecule has 0 radical (unpaired) electrons. The van der Waals surface area contributed by atoms with Crippen molar-refractivity contribution in [3.8, 4) is 0 Å². The van der Waals surface area contributed by atoms with Crippen LogP contribution >= 0.6 is 11.6 Å². The van der Waals surface area contributed by atoms with Gasteiger partial charge >= 0.3 is 0 Å². The van der Waals surface area contributed by atoms with Crippen molar-refractivity contribution < 1.29 is 9.21 Å². The lowest BCUT2D eigenvalue weighted by molar-refractivity contribution is 0.0992. The Bertz CT molecular complexity index is 471. The first-order valence-corrected chi connectivity index (χ1v) is 4.78. The zero-order valence-corrected chi connectivity index (χ0v) is 8.41. The zero-order valence-electron chi connectivity index (χ0n) is 7.66. The first-order chi connectivity index (χ1) is 6.70. The van der Waals surface area contributed by atoms with Crippen LogP contribution in [-0.2, 0) is 0 Å². The standard InChI is InChI=1S/C11H9ClO2/c1-7(12)11(13)9-6-14-10-5-3-2-4-8(9)10/h2-7H,1H3. The zero-order chi connectivity index (χ0) is 10.1. The molecular formula is C11H9ClO2. The maximum Gasteiger partial charge on any atom is 0.184 e. The number of halogens is 1. The molecule has 0 amide bonds. The Balaban J connectivity index is 2.58. The SMILES string of the molecule is CC(Cl)C(=O)c1coc2ccccc12. The molecule has 0 aliphatic carbocycles. The summed E-state index contributed by atoms with van der Waals surface area (Å²) in [4.78, 5) is 11.6. The summed E-state index contributed by atoms with van der Waals surface area (Å²) >= 11 is 5.73. The number of rotatable bonds is 2. The van der Waals surface area contributed by atoms with Gasteiger partial charge < -0.3 is 4.42 Å². The topological polar surface area (TPSA) is 30.2 Å². The molecule has 2 nitrogen and oxygen atoms in total. The van der Waals surface area contributed by atoms with Crippen molar-refractivity contribution in [2.24, 2.45) is 0 Å². The molecule has 0 fully saturated rings. The highest BCUT2D eigenvalue weighted by atomic mass is 35.5. The van der Waals surface area contributed by atoms with Gasteiger partial charge in [0.2, 0.25) is 0 Å². The molecule has 0 aliphatic rings. The summed E-state index contributed by atoms with van der Waals surface area (Å²) in [6, 6.07) is 7.41. The molecule has 0 N–H and O–H groups in total. The smallest absolute Gasteiger partial charge is 0.184 e. The fraction of sp³-hybridized carbons (Fsp3) is 0.182. The lowest BCUT2D eigenvalue weighted by Crippen LogP contribution is -2.09. The number of carbonyl (C=O) groups excluding carboxylic acids is 1. The van der Waals surface area contributed by atoms with Crippen molar-refractivity contribution in [2.45, 2.75) is 12.3 Å². The lowest BCUT2D eigenvalue weighted by atomic mass is 10.1. The second-order valence-electron chi connectivity index (χ2n) is 3.13. The second-order valence-corrected chi connectivity index (χ2v) is 3.78. The van der Waals surface area contributed by atoms with Crippen LogP contribution in [0.3, 0.4) is 0 Å². The van der Waals surface area contributed by atoms with Crippen LogP contribution in [-0.4, -0.2) is 11.2 Å². The molecule has 1 unspecified atom stereocenters. The van der Waals surface area contributed by atoms with Crippen molar-refractivity contribution in [1.29, 1.82) is 0 Å². The number of hydrogen-bond acceptors (Lipinski definition) is 2. The third-order valence-electron chi connectivity index (χ3n) is 2.11. The molecule has 0 spiro atoms. The van der Waals surface area contributed by atoms with Gasteiger partial charge in [-0.05, 0) is 13.0 Å². The first kappa shape index (κ1) is 9.28. The van der Waals surface area contributed by atoms with E-state index in [4.69, 9.17) is 16.0 Å². The lowest BCUT2D eigenvalue weighted by Gasteiger charge is -1.98. The van der Waals surface area contributed by atoms with Gasteiger partial charge in [-0.2, -0.15) is 0 Å². The van der Waals surface area contributed by atoms with E-state index in [0.717, 1.165) is 5.39 Å². The van der Waals surface area contributed by atoms with Crippen LogP contribution in [0.1, 0.15) is 17.3 Å². The third kappa shape index (κ3) is 1.42. The maximum atomic E-state index is 11.6. The molecule has 0 saturated heterocycles. The fourth-order valence-corrected chi connectivity index (χ4v) is 1.50. The van der Waals surface area contributed by atoms with Crippen LogP contribution < -0.4 is 0 Å². The molecule has 1 aromatic heterocycles.